The molecule has 0 fully saturated rings. The van der Waals surface area contributed by atoms with E-state index in [9.17, 15) is 4.79 Å². The van der Waals surface area contributed by atoms with Gasteiger partial charge in [0.15, 0.2) is 0 Å². The van der Waals surface area contributed by atoms with Crippen molar-refractivity contribution in [3.8, 4) is 0 Å². The number of Topliss-reactive ketones (excluding diaryl/α,β-unsaturated/α-hetero) is 1. The van der Waals surface area contributed by atoms with Gasteiger partial charge in [-0.05, 0) is 44.8 Å². The molecule has 0 bridgehead atoms. The molecule has 1 rings (SSSR count). The van der Waals surface area contributed by atoms with Crippen LogP contribution in [0.4, 0.5) is 5.82 Å². The molecule has 0 spiro atoms. The number of rotatable bonds is 3. The zero-order valence-corrected chi connectivity index (χ0v) is 10.1. The molecule has 1 aromatic heterocycles. The van der Waals surface area contributed by atoms with E-state index in [2.05, 4.69) is 42.2 Å². The maximum absolute atomic E-state index is 10.7. The molecule has 0 aromatic carbocycles. The van der Waals surface area contributed by atoms with Gasteiger partial charge in [-0.15, -0.1) is 0 Å². The molecule has 0 radical (unpaired) electrons. The number of carbonyl (C=O) groups is 1. The van der Waals surface area contributed by atoms with Crippen molar-refractivity contribution in [1.82, 2.24) is 4.98 Å². The zero-order chi connectivity index (χ0) is 9.84. The smallest absolute Gasteiger partial charge is 0.148 e. The van der Waals surface area contributed by atoms with Gasteiger partial charge in [-0.25, -0.2) is 4.98 Å². The number of nitrogens with zero attached hydrogens (tertiary/aromatic N) is 1. The minimum Gasteiger partial charge on any atom is -0.362 e. The lowest BCUT2D eigenvalue weighted by atomic mass is 10.4. The fourth-order valence-corrected chi connectivity index (χ4v) is 1.88. The Morgan fingerprint density at radius 1 is 1.62 bits per heavy atom. The molecule has 1 heterocycles. The number of halogens is 2. The topological polar surface area (TPSA) is 42.0 Å². The van der Waals surface area contributed by atoms with Crippen LogP contribution in [0.5, 0.6) is 0 Å². The molecule has 0 atom stereocenters. The summed E-state index contributed by atoms with van der Waals surface area (Å²) in [6.07, 6.45) is 1.67. The normalized spacial score (nSPS) is 9.77. The summed E-state index contributed by atoms with van der Waals surface area (Å²) in [5.41, 5.74) is 0. The fraction of sp³-hybridized carbons (Fsp3) is 0.250. The van der Waals surface area contributed by atoms with Crippen LogP contribution < -0.4 is 5.32 Å². The van der Waals surface area contributed by atoms with Crippen LogP contribution in [0.25, 0.3) is 0 Å². The van der Waals surface area contributed by atoms with Crippen molar-refractivity contribution < 1.29 is 4.79 Å². The van der Waals surface area contributed by atoms with E-state index in [1.54, 1.807) is 6.20 Å². The highest BCUT2D eigenvalue weighted by Gasteiger charge is 2.01. The van der Waals surface area contributed by atoms with Gasteiger partial charge in [0.25, 0.3) is 0 Å². The predicted octanol–water partition coefficient (Wildman–Crippen LogP) is 2.61. The van der Waals surface area contributed by atoms with Crippen LogP contribution in [0.2, 0.25) is 0 Å². The van der Waals surface area contributed by atoms with E-state index >= 15 is 0 Å². The van der Waals surface area contributed by atoms with Crippen LogP contribution >= 0.6 is 31.9 Å². The largest absolute Gasteiger partial charge is 0.362 e. The molecule has 0 aliphatic carbocycles. The van der Waals surface area contributed by atoms with E-state index in [-0.39, 0.29) is 5.78 Å². The Morgan fingerprint density at radius 2 is 2.31 bits per heavy atom. The fourth-order valence-electron chi connectivity index (χ4n) is 0.753. The zero-order valence-electron chi connectivity index (χ0n) is 6.97. The molecule has 0 unspecified atom stereocenters. The summed E-state index contributed by atoms with van der Waals surface area (Å²) in [6.45, 7) is 1.83. The summed E-state index contributed by atoms with van der Waals surface area (Å²) in [6, 6.07) is 1.87. The van der Waals surface area contributed by atoms with Crippen molar-refractivity contribution in [2.75, 3.05) is 11.9 Å². The first-order valence-electron chi connectivity index (χ1n) is 3.64. The molecular formula is C8H8Br2N2O. The third-order valence-electron chi connectivity index (χ3n) is 1.31. The van der Waals surface area contributed by atoms with Crippen molar-refractivity contribution in [2.45, 2.75) is 6.92 Å². The first kappa shape index (κ1) is 10.7. The summed E-state index contributed by atoms with van der Waals surface area (Å²) < 4.78 is 1.73. The van der Waals surface area contributed by atoms with E-state index in [0.717, 1.165) is 8.95 Å². The Labute approximate surface area is 93.2 Å². The Hall–Kier alpha value is -0.420. The summed E-state index contributed by atoms with van der Waals surface area (Å²) in [7, 11) is 0. The molecule has 5 heteroatoms. The highest BCUT2D eigenvalue weighted by molar-refractivity contribution is 9.11. The van der Waals surface area contributed by atoms with Crippen molar-refractivity contribution in [1.29, 1.82) is 0 Å². The predicted molar refractivity (Wildman–Crippen MR) is 58.8 cm³/mol. The lowest BCUT2D eigenvalue weighted by Crippen LogP contribution is -2.11. The van der Waals surface area contributed by atoms with Crippen LogP contribution in [-0.4, -0.2) is 17.3 Å². The van der Waals surface area contributed by atoms with Gasteiger partial charge in [-0.3, -0.25) is 4.79 Å². The lowest BCUT2D eigenvalue weighted by molar-refractivity contribution is -0.115. The maximum atomic E-state index is 10.7. The number of nitrogens with one attached hydrogen (secondary N) is 1. The number of ketones is 1. The summed E-state index contributed by atoms with van der Waals surface area (Å²) in [4.78, 5) is 14.8. The van der Waals surface area contributed by atoms with Gasteiger partial charge in [0, 0.05) is 10.7 Å². The Kier molecular flexibility index (Phi) is 3.87. The monoisotopic (exact) mass is 306 g/mol. The first-order valence-corrected chi connectivity index (χ1v) is 5.22. The summed E-state index contributed by atoms with van der Waals surface area (Å²) in [5, 5.41) is 2.91. The standard InChI is InChI=1S/C8H8Br2N2O/c1-5(13)3-11-8-7(10)2-6(9)4-12-8/h2,4H,3H2,1H3,(H,11,12). The molecular weight excluding hydrogens is 300 g/mol. The van der Waals surface area contributed by atoms with Gasteiger partial charge < -0.3 is 5.32 Å². The minimum absolute atomic E-state index is 0.0802. The second-order valence-corrected chi connectivity index (χ2v) is 4.31. The minimum atomic E-state index is 0.0802. The maximum Gasteiger partial charge on any atom is 0.148 e. The van der Waals surface area contributed by atoms with Crippen molar-refractivity contribution >= 4 is 43.5 Å². The number of hydrogen-bond acceptors (Lipinski definition) is 3. The second kappa shape index (κ2) is 4.72. The Balaban J connectivity index is 2.72. The van der Waals surface area contributed by atoms with Crippen molar-refractivity contribution in [3.05, 3.63) is 21.2 Å². The van der Waals surface area contributed by atoms with E-state index < -0.39 is 0 Å². The average Bonchev–Trinajstić information content (AvgIpc) is 2.02. The average molecular weight is 308 g/mol. The summed E-state index contributed by atoms with van der Waals surface area (Å²) >= 11 is 6.62. The van der Waals surface area contributed by atoms with E-state index in [4.69, 9.17) is 0 Å². The number of hydrogen-bond donors (Lipinski definition) is 1. The molecule has 13 heavy (non-hydrogen) atoms. The van der Waals surface area contributed by atoms with E-state index in [0.29, 0.717) is 12.4 Å². The highest BCUT2D eigenvalue weighted by Crippen LogP contribution is 2.22. The van der Waals surface area contributed by atoms with Crippen LogP contribution in [0.15, 0.2) is 21.2 Å². The van der Waals surface area contributed by atoms with E-state index in [1.807, 2.05) is 6.07 Å². The highest BCUT2D eigenvalue weighted by atomic mass is 79.9. The van der Waals surface area contributed by atoms with Gasteiger partial charge in [0.2, 0.25) is 0 Å². The molecule has 0 aliphatic rings. The van der Waals surface area contributed by atoms with Gasteiger partial charge in [-0.2, -0.15) is 0 Å². The summed E-state index contributed by atoms with van der Waals surface area (Å²) in [5.74, 6) is 0.759. The van der Waals surface area contributed by atoms with Crippen LogP contribution in [0.3, 0.4) is 0 Å². The lowest BCUT2D eigenvalue weighted by Gasteiger charge is -2.04. The molecule has 0 saturated carbocycles. The Bertz CT molecular complexity index is 328. The van der Waals surface area contributed by atoms with Gasteiger partial charge in [0.05, 0.1) is 11.0 Å². The molecule has 0 amide bonds. The Morgan fingerprint density at radius 3 is 2.85 bits per heavy atom. The van der Waals surface area contributed by atoms with Gasteiger partial charge >= 0.3 is 0 Å². The van der Waals surface area contributed by atoms with E-state index in [1.165, 1.54) is 6.92 Å². The number of pyridine rings is 1. The van der Waals surface area contributed by atoms with Crippen molar-refractivity contribution in [3.63, 3.8) is 0 Å². The van der Waals surface area contributed by atoms with Crippen LogP contribution in [-0.2, 0) is 4.79 Å². The number of carbonyl (C=O) groups excluding carboxylic acids is 1. The van der Waals surface area contributed by atoms with Gasteiger partial charge in [0.1, 0.15) is 11.6 Å². The molecule has 1 N–H and O–H groups in total. The van der Waals surface area contributed by atoms with Crippen LogP contribution in [0.1, 0.15) is 6.92 Å². The molecule has 70 valence electrons. The SMILES string of the molecule is CC(=O)CNc1ncc(Br)cc1Br. The van der Waals surface area contributed by atoms with Crippen LogP contribution in [0, 0.1) is 0 Å². The molecule has 0 saturated heterocycles. The molecule has 3 nitrogen and oxygen atoms in total. The third-order valence-corrected chi connectivity index (χ3v) is 2.35. The quantitative estimate of drug-likeness (QED) is 0.933. The molecule has 1 aromatic rings. The number of anilines is 1. The van der Waals surface area contributed by atoms with Crippen molar-refractivity contribution in [2.24, 2.45) is 0 Å². The third kappa shape index (κ3) is 3.44. The second-order valence-electron chi connectivity index (χ2n) is 2.54. The van der Waals surface area contributed by atoms with Gasteiger partial charge in [-0.1, -0.05) is 0 Å². The first-order chi connectivity index (χ1) is 6.09. The molecule has 0 aliphatic heterocycles. The number of aromatic nitrogens is 1.